The molecular weight excluding hydrogens is 230 g/mol. The van der Waals surface area contributed by atoms with E-state index < -0.39 is 0 Å². The van der Waals surface area contributed by atoms with Crippen LogP contribution >= 0.6 is 11.3 Å². The van der Waals surface area contributed by atoms with Crippen molar-refractivity contribution in [1.82, 2.24) is 15.2 Å². The van der Waals surface area contributed by atoms with Gasteiger partial charge in [0.15, 0.2) is 0 Å². The number of nitrogens with zero attached hydrogens (tertiary/aromatic N) is 2. The first kappa shape index (κ1) is 13.0. The van der Waals surface area contributed by atoms with Gasteiger partial charge in [0.2, 0.25) is 0 Å². The average molecular weight is 253 g/mol. The Labute approximate surface area is 108 Å². The maximum absolute atomic E-state index is 4.37. The fourth-order valence-electron chi connectivity index (χ4n) is 2.33. The highest BCUT2D eigenvalue weighted by Crippen LogP contribution is 2.18. The lowest BCUT2D eigenvalue weighted by molar-refractivity contribution is 0.268. The molecule has 2 heterocycles. The van der Waals surface area contributed by atoms with Gasteiger partial charge in [-0.05, 0) is 26.8 Å². The van der Waals surface area contributed by atoms with Gasteiger partial charge in [-0.1, -0.05) is 6.92 Å². The molecule has 0 saturated carbocycles. The Morgan fingerprint density at radius 2 is 2.35 bits per heavy atom. The Kier molecular flexibility index (Phi) is 4.54. The predicted octanol–water partition coefficient (Wildman–Crippen LogP) is 2.32. The van der Waals surface area contributed by atoms with Crippen molar-refractivity contribution >= 4 is 11.3 Å². The Morgan fingerprint density at radius 3 is 2.94 bits per heavy atom. The van der Waals surface area contributed by atoms with Crippen LogP contribution in [0.3, 0.4) is 0 Å². The number of aromatic nitrogens is 1. The molecule has 96 valence electrons. The van der Waals surface area contributed by atoms with Gasteiger partial charge in [0, 0.05) is 42.7 Å². The van der Waals surface area contributed by atoms with Gasteiger partial charge in [0.25, 0.3) is 0 Å². The second-order valence-corrected chi connectivity index (χ2v) is 6.18. The zero-order valence-corrected chi connectivity index (χ0v) is 11.8. The summed E-state index contributed by atoms with van der Waals surface area (Å²) in [5.41, 5.74) is 0. The third-order valence-electron chi connectivity index (χ3n) is 3.54. The summed E-state index contributed by atoms with van der Waals surface area (Å²) in [6.07, 6.45) is 3.18. The highest BCUT2D eigenvalue weighted by molar-refractivity contribution is 7.09. The van der Waals surface area contributed by atoms with Gasteiger partial charge in [0.05, 0.1) is 5.01 Å². The molecular formula is C13H23N3S. The first-order chi connectivity index (χ1) is 8.16. The van der Waals surface area contributed by atoms with Crippen molar-refractivity contribution < 1.29 is 0 Å². The molecule has 0 aliphatic carbocycles. The molecule has 0 spiro atoms. The van der Waals surface area contributed by atoms with Crippen LogP contribution in [0.1, 0.15) is 38.1 Å². The molecule has 1 N–H and O–H groups in total. The quantitative estimate of drug-likeness (QED) is 0.873. The van der Waals surface area contributed by atoms with Crippen LogP contribution < -0.4 is 5.32 Å². The van der Waals surface area contributed by atoms with Crippen LogP contribution in [0, 0.1) is 0 Å². The molecule has 2 unspecified atom stereocenters. The molecule has 1 aromatic rings. The maximum atomic E-state index is 4.37. The molecule has 0 aromatic carbocycles. The van der Waals surface area contributed by atoms with Gasteiger partial charge in [-0.3, -0.25) is 4.90 Å². The van der Waals surface area contributed by atoms with E-state index in [1.807, 2.05) is 6.20 Å². The first-order valence-electron chi connectivity index (χ1n) is 6.53. The minimum absolute atomic E-state index is 0.531. The lowest BCUT2D eigenvalue weighted by Gasteiger charge is -2.21. The van der Waals surface area contributed by atoms with Crippen LogP contribution in [-0.2, 0) is 0 Å². The lowest BCUT2D eigenvalue weighted by atomic mass is 10.1. The van der Waals surface area contributed by atoms with Crippen LogP contribution in [-0.4, -0.2) is 41.6 Å². The number of likely N-dealkylation sites (tertiary alicyclic amines) is 1. The largest absolute Gasteiger partial charge is 0.312 e. The monoisotopic (exact) mass is 253 g/mol. The zero-order valence-electron chi connectivity index (χ0n) is 11.0. The van der Waals surface area contributed by atoms with E-state index in [0.29, 0.717) is 18.0 Å². The minimum atomic E-state index is 0.531. The third-order valence-corrected chi connectivity index (χ3v) is 4.54. The summed E-state index contributed by atoms with van der Waals surface area (Å²) in [7, 11) is 0. The summed E-state index contributed by atoms with van der Waals surface area (Å²) < 4.78 is 0. The van der Waals surface area contributed by atoms with Crippen LogP contribution in [0.4, 0.5) is 0 Å². The van der Waals surface area contributed by atoms with Crippen LogP contribution in [0.25, 0.3) is 0 Å². The SMILES string of the molecule is CC(CNC1CCN(C(C)C)C1)c1nccs1. The summed E-state index contributed by atoms with van der Waals surface area (Å²) in [6, 6.07) is 1.35. The number of hydrogen-bond donors (Lipinski definition) is 1. The second kappa shape index (κ2) is 5.94. The second-order valence-electron chi connectivity index (χ2n) is 5.25. The predicted molar refractivity (Wildman–Crippen MR) is 73.6 cm³/mol. The van der Waals surface area contributed by atoms with Crippen molar-refractivity contribution in [2.24, 2.45) is 0 Å². The summed E-state index contributed by atoms with van der Waals surface area (Å²) in [5.74, 6) is 0.531. The summed E-state index contributed by atoms with van der Waals surface area (Å²) >= 11 is 1.76. The van der Waals surface area contributed by atoms with Crippen molar-refractivity contribution in [2.45, 2.75) is 45.2 Å². The van der Waals surface area contributed by atoms with E-state index in [-0.39, 0.29) is 0 Å². The van der Waals surface area contributed by atoms with Crippen LogP contribution in [0.15, 0.2) is 11.6 Å². The Morgan fingerprint density at radius 1 is 1.53 bits per heavy atom. The van der Waals surface area contributed by atoms with Crippen LogP contribution in [0.2, 0.25) is 0 Å². The molecule has 0 bridgehead atoms. The molecule has 2 rings (SSSR count). The third kappa shape index (κ3) is 3.50. The highest BCUT2D eigenvalue weighted by Gasteiger charge is 2.24. The molecule has 4 heteroatoms. The van der Waals surface area contributed by atoms with Gasteiger partial charge >= 0.3 is 0 Å². The van der Waals surface area contributed by atoms with E-state index in [0.717, 1.165) is 6.54 Å². The van der Waals surface area contributed by atoms with Gasteiger partial charge in [-0.25, -0.2) is 4.98 Å². The van der Waals surface area contributed by atoms with Crippen molar-refractivity contribution in [3.8, 4) is 0 Å². The topological polar surface area (TPSA) is 28.2 Å². The van der Waals surface area contributed by atoms with E-state index in [1.54, 1.807) is 11.3 Å². The zero-order chi connectivity index (χ0) is 12.3. The van der Waals surface area contributed by atoms with Gasteiger partial charge in [-0.15, -0.1) is 11.3 Å². The number of thiazole rings is 1. The van der Waals surface area contributed by atoms with Gasteiger partial charge in [-0.2, -0.15) is 0 Å². The average Bonchev–Trinajstić information content (AvgIpc) is 2.97. The molecule has 3 nitrogen and oxygen atoms in total. The van der Waals surface area contributed by atoms with Gasteiger partial charge < -0.3 is 5.32 Å². The highest BCUT2D eigenvalue weighted by atomic mass is 32.1. The molecule has 0 amide bonds. The fourth-order valence-corrected chi connectivity index (χ4v) is 3.03. The smallest absolute Gasteiger partial charge is 0.0965 e. The van der Waals surface area contributed by atoms with Crippen molar-refractivity contribution in [3.05, 3.63) is 16.6 Å². The fraction of sp³-hybridized carbons (Fsp3) is 0.769. The molecule has 1 aliphatic rings. The lowest BCUT2D eigenvalue weighted by Crippen LogP contribution is -2.36. The number of rotatable bonds is 5. The standard InChI is InChI=1S/C13H23N3S/c1-10(2)16-6-4-12(9-16)15-8-11(3)13-14-5-7-17-13/h5,7,10-12,15H,4,6,8-9H2,1-3H3. The first-order valence-corrected chi connectivity index (χ1v) is 7.41. The van der Waals surface area contributed by atoms with Crippen molar-refractivity contribution in [3.63, 3.8) is 0 Å². The molecule has 2 atom stereocenters. The summed E-state index contributed by atoms with van der Waals surface area (Å²) in [5, 5.41) is 6.98. The van der Waals surface area contributed by atoms with E-state index in [1.165, 1.54) is 24.5 Å². The number of nitrogens with one attached hydrogen (secondary N) is 1. The maximum Gasteiger partial charge on any atom is 0.0965 e. The van der Waals surface area contributed by atoms with E-state index in [2.05, 4.69) is 41.4 Å². The van der Waals surface area contributed by atoms with E-state index in [9.17, 15) is 0 Å². The molecule has 1 aliphatic heterocycles. The van der Waals surface area contributed by atoms with Crippen molar-refractivity contribution in [2.75, 3.05) is 19.6 Å². The molecule has 1 fully saturated rings. The Hall–Kier alpha value is -0.450. The normalized spacial score (nSPS) is 23.4. The molecule has 1 saturated heterocycles. The van der Waals surface area contributed by atoms with Crippen LogP contribution in [0.5, 0.6) is 0 Å². The Bertz CT molecular complexity index is 323. The van der Waals surface area contributed by atoms with Gasteiger partial charge in [0.1, 0.15) is 0 Å². The van der Waals surface area contributed by atoms with E-state index >= 15 is 0 Å². The summed E-state index contributed by atoms with van der Waals surface area (Å²) in [6.45, 7) is 10.3. The minimum Gasteiger partial charge on any atom is -0.312 e. The molecule has 17 heavy (non-hydrogen) atoms. The van der Waals surface area contributed by atoms with Crippen molar-refractivity contribution in [1.29, 1.82) is 0 Å². The number of hydrogen-bond acceptors (Lipinski definition) is 4. The Balaban J connectivity index is 1.73. The molecule has 0 radical (unpaired) electrons. The van der Waals surface area contributed by atoms with E-state index in [4.69, 9.17) is 0 Å². The molecule has 1 aromatic heterocycles. The summed E-state index contributed by atoms with van der Waals surface area (Å²) in [4.78, 5) is 6.92.